The van der Waals surface area contributed by atoms with E-state index in [0.29, 0.717) is 36.8 Å². The van der Waals surface area contributed by atoms with Crippen LogP contribution in [-0.2, 0) is 9.59 Å². The molecule has 15 heteroatoms. The number of hydrogen-bond donors (Lipinski definition) is 5. The van der Waals surface area contributed by atoms with Crippen LogP contribution in [0, 0.1) is 22.5 Å². The zero-order valence-electron chi connectivity index (χ0n) is 24.9. The number of anilines is 1. The topological polar surface area (TPSA) is 195 Å². The number of phenolic OH excluding ortho intramolecular Hbond substituents is 1. The minimum absolute atomic E-state index is 0.0296. The summed E-state index contributed by atoms with van der Waals surface area (Å²) in [6.45, 7) is 0.512. The van der Waals surface area contributed by atoms with Crippen LogP contribution in [-0.4, -0.2) is 75.9 Å². The van der Waals surface area contributed by atoms with Gasteiger partial charge < -0.3 is 35.4 Å². The number of pyridine rings is 1. The number of carbonyl (C=O) groups is 2. The molecule has 6 N–H and O–H groups in total. The quantitative estimate of drug-likeness (QED) is 0.119. The van der Waals surface area contributed by atoms with Gasteiger partial charge in [-0.05, 0) is 69.1 Å². The SMILES string of the molecule is CN1CC=NC1c1cc(N(C)C2CCC(C(=O)O)(C(=O)O)CC2)ccc1Oc1c(F)cnc(Oc2cc(C(=N)N)ccc2O)c1F. The highest BCUT2D eigenvalue weighted by Crippen LogP contribution is 2.43. The van der Waals surface area contributed by atoms with Gasteiger partial charge in [0.2, 0.25) is 11.6 Å². The van der Waals surface area contributed by atoms with Crippen LogP contribution in [0.5, 0.6) is 28.9 Å². The molecule has 2 aromatic carbocycles. The van der Waals surface area contributed by atoms with Crippen LogP contribution in [0.4, 0.5) is 14.5 Å². The first-order valence-electron chi connectivity index (χ1n) is 14.2. The van der Waals surface area contributed by atoms with E-state index in [0.717, 1.165) is 0 Å². The molecule has 0 saturated heterocycles. The highest BCUT2D eigenvalue weighted by Gasteiger charge is 2.49. The zero-order chi connectivity index (χ0) is 33.3. The first kappa shape index (κ1) is 32.1. The van der Waals surface area contributed by atoms with E-state index in [1.165, 1.54) is 24.3 Å². The van der Waals surface area contributed by atoms with Gasteiger partial charge in [0.1, 0.15) is 17.8 Å². The van der Waals surface area contributed by atoms with E-state index in [9.17, 15) is 24.9 Å². The number of carboxylic acids is 2. The maximum absolute atomic E-state index is 15.7. The van der Waals surface area contributed by atoms with Crippen molar-refractivity contribution in [2.75, 3.05) is 25.5 Å². The number of nitrogens with zero attached hydrogens (tertiary/aromatic N) is 4. The fraction of sp³-hybridized carbons (Fsp3) is 0.323. The van der Waals surface area contributed by atoms with Crippen LogP contribution in [0.15, 0.2) is 47.6 Å². The largest absolute Gasteiger partial charge is 0.504 e. The van der Waals surface area contributed by atoms with E-state index in [1.54, 1.807) is 18.3 Å². The average Bonchev–Trinajstić information content (AvgIpc) is 3.46. The Balaban J connectivity index is 1.45. The predicted octanol–water partition coefficient (Wildman–Crippen LogP) is 4.48. The molecule has 3 aromatic rings. The van der Waals surface area contributed by atoms with Crippen molar-refractivity contribution >= 4 is 29.7 Å². The Morgan fingerprint density at radius 3 is 2.39 bits per heavy atom. The minimum Gasteiger partial charge on any atom is -0.504 e. The number of nitrogens with one attached hydrogen (secondary N) is 1. The number of nitrogens with two attached hydrogens (primary N) is 1. The molecule has 5 rings (SSSR count). The van der Waals surface area contributed by atoms with Gasteiger partial charge >= 0.3 is 11.9 Å². The number of rotatable bonds is 10. The smallest absolute Gasteiger partial charge is 0.321 e. The third-order valence-corrected chi connectivity index (χ3v) is 8.48. The molecule has 0 spiro atoms. The van der Waals surface area contributed by atoms with Crippen molar-refractivity contribution in [3.8, 4) is 28.9 Å². The normalized spacial score (nSPS) is 17.9. The second kappa shape index (κ2) is 12.6. The Hall–Kier alpha value is -5.31. The lowest BCUT2D eigenvalue weighted by molar-refractivity contribution is -0.167. The van der Waals surface area contributed by atoms with Crippen molar-refractivity contribution in [3.63, 3.8) is 0 Å². The molecule has 13 nitrogen and oxygen atoms in total. The summed E-state index contributed by atoms with van der Waals surface area (Å²) in [6, 6.07) is 8.58. The summed E-state index contributed by atoms with van der Waals surface area (Å²) < 4.78 is 41.9. The van der Waals surface area contributed by atoms with Crippen molar-refractivity contribution in [3.05, 3.63) is 65.4 Å². The highest BCUT2D eigenvalue weighted by molar-refractivity contribution is 5.98. The lowest BCUT2D eigenvalue weighted by Gasteiger charge is -2.39. The van der Waals surface area contributed by atoms with Crippen molar-refractivity contribution in [1.82, 2.24) is 9.88 Å². The molecule has 2 aliphatic rings. The molecule has 2 heterocycles. The number of aromatic nitrogens is 1. The second-order valence-electron chi connectivity index (χ2n) is 11.3. The van der Waals surface area contributed by atoms with Gasteiger partial charge in [-0.25, -0.2) is 9.37 Å². The lowest BCUT2D eigenvalue weighted by Crippen LogP contribution is -2.46. The van der Waals surface area contributed by atoms with E-state index >= 15 is 8.78 Å². The number of aromatic hydroxyl groups is 1. The number of phenols is 1. The lowest BCUT2D eigenvalue weighted by atomic mass is 9.72. The number of amidine groups is 1. The first-order valence-corrected chi connectivity index (χ1v) is 14.2. The second-order valence-corrected chi connectivity index (χ2v) is 11.3. The molecule has 1 aromatic heterocycles. The summed E-state index contributed by atoms with van der Waals surface area (Å²) >= 11 is 0. The summed E-state index contributed by atoms with van der Waals surface area (Å²) in [5.74, 6) is -7.51. The molecular formula is C31H32F2N6O7. The standard InChI is InChI=1S/C31H32F2N6O7/c1-38-12-11-36-27(38)19-14-18(39(2)17-7-9-31(10-8-17,29(41)42)30(43)44)4-6-22(19)45-25-20(32)15-37-28(24(25)33)46-23-13-16(26(34)35)3-5-21(23)40/h3-6,11,13-15,17,27,40H,7-10,12H2,1-2H3,(H3,34,35)(H,41,42)(H,43,44). The fourth-order valence-electron chi connectivity index (χ4n) is 5.64. The third kappa shape index (κ3) is 6.00. The molecule has 1 aliphatic heterocycles. The molecule has 1 aliphatic carbocycles. The van der Waals surface area contributed by atoms with Crippen LogP contribution in [0.1, 0.15) is 43.0 Å². The Morgan fingerprint density at radius 2 is 1.78 bits per heavy atom. The molecule has 1 atom stereocenters. The van der Waals surface area contributed by atoms with Gasteiger partial charge in [-0.2, -0.15) is 4.39 Å². The van der Waals surface area contributed by atoms with Crippen molar-refractivity contribution < 1.29 is 43.2 Å². The fourth-order valence-corrected chi connectivity index (χ4v) is 5.64. The zero-order valence-corrected chi connectivity index (χ0v) is 24.9. The number of halogens is 2. The number of benzene rings is 2. The van der Waals surface area contributed by atoms with Crippen molar-refractivity contribution in [1.29, 1.82) is 5.41 Å². The number of nitrogen functional groups attached to an aromatic ring is 1. The summed E-state index contributed by atoms with van der Waals surface area (Å²) in [5.41, 5.74) is 5.03. The summed E-state index contributed by atoms with van der Waals surface area (Å²) in [4.78, 5) is 35.5. The van der Waals surface area contributed by atoms with Crippen molar-refractivity contribution in [2.24, 2.45) is 16.1 Å². The maximum Gasteiger partial charge on any atom is 0.321 e. The average molecular weight is 639 g/mol. The molecule has 0 radical (unpaired) electrons. The number of ether oxygens (including phenoxy) is 2. The highest BCUT2D eigenvalue weighted by atomic mass is 19.1. The Morgan fingerprint density at radius 1 is 1.09 bits per heavy atom. The van der Waals surface area contributed by atoms with Crippen LogP contribution >= 0.6 is 0 Å². The van der Waals surface area contributed by atoms with E-state index in [1.807, 2.05) is 23.9 Å². The molecule has 242 valence electrons. The van der Waals surface area contributed by atoms with Gasteiger partial charge in [0, 0.05) is 42.7 Å². The Kier molecular flexibility index (Phi) is 8.79. The third-order valence-electron chi connectivity index (χ3n) is 8.48. The van der Waals surface area contributed by atoms with E-state index < -0.39 is 52.5 Å². The van der Waals surface area contributed by atoms with Gasteiger partial charge in [-0.1, -0.05) is 0 Å². The number of hydrogen-bond acceptors (Lipinski definition) is 10. The monoisotopic (exact) mass is 638 g/mol. The maximum atomic E-state index is 15.7. The van der Waals surface area contributed by atoms with Gasteiger partial charge in [0.25, 0.3) is 5.88 Å². The van der Waals surface area contributed by atoms with Gasteiger partial charge in [-0.15, -0.1) is 0 Å². The van der Waals surface area contributed by atoms with Crippen LogP contribution in [0.25, 0.3) is 0 Å². The number of aliphatic imine (C=N–C) groups is 1. The molecule has 1 fully saturated rings. The minimum atomic E-state index is -1.82. The van der Waals surface area contributed by atoms with E-state index in [-0.39, 0.29) is 41.8 Å². The summed E-state index contributed by atoms with van der Waals surface area (Å²) in [5, 5.41) is 37.0. The van der Waals surface area contributed by atoms with E-state index in [2.05, 4.69) is 9.98 Å². The Labute approximate surface area is 262 Å². The van der Waals surface area contributed by atoms with Crippen molar-refractivity contribution in [2.45, 2.75) is 37.9 Å². The molecule has 1 saturated carbocycles. The first-order chi connectivity index (χ1) is 21.8. The molecular weight excluding hydrogens is 606 g/mol. The molecule has 0 bridgehead atoms. The molecule has 1 unspecified atom stereocenters. The predicted molar refractivity (Wildman–Crippen MR) is 162 cm³/mol. The van der Waals surface area contributed by atoms with Gasteiger partial charge in [-0.3, -0.25) is 24.9 Å². The summed E-state index contributed by atoms with van der Waals surface area (Å²) in [7, 11) is 3.63. The molecule has 0 amide bonds. The van der Waals surface area contributed by atoms with Crippen LogP contribution in [0.2, 0.25) is 0 Å². The van der Waals surface area contributed by atoms with E-state index in [4.69, 9.17) is 20.6 Å². The number of aliphatic carboxylic acids is 2. The van der Waals surface area contributed by atoms with Crippen LogP contribution in [0.3, 0.4) is 0 Å². The molecule has 46 heavy (non-hydrogen) atoms. The number of carboxylic acid groups (broad SMARTS) is 2. The van der Waals surface area contributed by atoms with Gasteiger partial charge in [0.05, 0.1) is 6.20 Å². The Bertz CT molecular complexity index is 1710. The van der Waals surface area contributed by atoms with Gasteiger partial charge in [0.15, 0.2) is 22.7 Å². The summed E-state index contributed by atoms with van der Waals surface area (Å²) in [6.07, 6.45) is 2.44. The van der Waals surface area contributed by atoms with Crippen LogP contribution < -0.4 is 20.1 Å².